The third-order valence-electron chi connectivity index (χ3n) is 11.6. The molecule has 0 saturated carbocycles. The van der Waals surface area contributed by atoms with Crippen molar-refractivity contribution in [1.29, 1.82) is 0 Å². The average Bonchev–Trinajstić information content (AvgIpc) is 3.41. The van der Waals surface area contributed by atoms with E-state index in [1.54, 1.807) is 0 Å². The highest BCUT2D eigenvalue weighted by atomic mass is 16.5. The summed E-state index contributed by atoms with van der Waals surface area (Å²) in [6.45, 7) is 6.99. The summed E-state index contributed by atoms with van der Waals surface area (Å²) in [6, 6.07) is 47.1. The molecule has 1 fully saturated rings. The number of piperidine rings is 1. The van der Waals surface area contributed by atoms with E-state index in [1.165, 1.54) is 85.3 Å². The van der Waals surface area contributed by atoms with Crippen LogP contribution in [0.25, 0.3) is 49.5 Å². The smallest absolute Gasteiger partial charge is 0.178 e. The van der Waals surface area contributed by atoms with E-state index in [2.05, 4.69) is 158 Å². The van der Waals surface area contributed by atoms with E-state index in [0.717, 1.165) is 29.8 Å². The summed E-state index contributed by atoms with van der Waals surface area (Å²) >= 11 is 0. The van der Waals surface area contributed by atoms with Gasteiger partial charge in [-0.15, -0.1) is 0 Å². The number of nitrogens with zero attached hydrogens (tertiary/aromatic N) is 1. The molecule has 49 heavy (non-hydrogen) atoms. The molecule has 0 N–H and O–H groups in total. The maximum Gasteiger partial charge on any atom is 0.178 e. The zero-order valence-electron chi connectivity index (χ0n) is 28.2. The van der Waals surface area contributed by atoms with Crippen molar-refractivity contribution in [2.75, 3.05) is 18.0 Å². The van der Waals surface area contributed by atoms with Crippen LogP contribution in [0.5, 0.6) is 5.75 Å². The number of rotatable bonds is 3. The van der Waals surface area contributed by atoms with Crippen molar-refractivity contribution in [3.05, 3.63) is 161 Å². The van der Waals surface area contributed by atoms with Gasteiger partial charge in [-0.05, 0) is 92.7 Å². The van der Waals surface area contributed by atoms with Gasteiger partial charge in [0.25, 0.3) is 0 Å². The molecule has 0 amide bonds. The molecule has 1 unspecified atom stereocenters. The maximum absolute atomic E-state index is 7.76. The van der Waals surface area contributed by atoms with Gasteiger partial charge >= 0.3 is 0 Å². The van der Waals surface area contributed by atoms with E-state index in [1.807, 2.05) is 0 Å². The van der Waals surface area contributed by atoms with Crippen LogP contribution >= 0.6 is 0 Å². The molecular weight excluding hydrogens is 595 g/mol. The van der Waals surface area contributed by atoms with Gasteiger partial charge in [0.2, 0.25) is 0 Å². The Hall–Kier alpha value is -5.34. The quantitative estimate of drug-likeness (QED) is 0.180. The Labute approximate surface area is 288 Å². The van der Waals surface area contributed by atoms with Crippen LogP contribution in [0.2, 0.25) is 0 Å². The molecule has 2 heterocycles. The van der Waals surface area contributed by atoms with Gasteiger partial charge in [0.15, 0.2) is 5.60 Å². The number of hydrogen-bond acceptors (Lipinski definition) is 2. The van der Waals surface area contributed by atoms with Crippen LogP contribution in [-0.2, 0) is 11.0 Å². The Morgan fingerprint density at radius 2 is 1.24 bits per heavy atom. The molecule has 7 aromatic rings. The van der Waals surface area contributed by atoms with Crippen LogP contribution in [0.3, 0.4) is 0 Å². The standard InChI is InChI=1S/C47H39NO/c1-46(2)41-21-11-10-20-39(41)43-37-18-8-9-19-38(37)45-40(44(43)46)26-27-47(49-45,32-22-24-33(25-23-32)48-28-12-3-13-29-48)42-30-31-14-4-5-15-34(31)35-16-6-7-17-36(35)42/h4-11,14-27,30H,3,12-13,28-29H2,1-2H3. The highest BCUT2D eigenvalue weighted by Crippen LogP contribution is 2.58. The van der Waals surface area contributed by atoms with Crippen molar-refractivity contribution < 1.29 is 4.74 Å². The van der Waals surface area contributed by atoms with Crippen molar-refractivity contribution in [3.8, 4) is 16.9 Å². The number of anilines is 1. The number of benzene rings is 7. The molecule has 3 aliphatic rings. The molecule has 7 aromatic carbocycles. The molecule has 2 heteroatoms. The van der Waals surface area contributed by atoms with Gasteiger partial charge in [-0.25, -0.2) is 0 Å². The summed E-state index contributed by atoms with van der Waals surface area (Å²) in [7, 11) is 0. The fraction of sp³-hybridized carbons (Fsp3) is 0.191. The second kappa shape index (κ2) is 10.6. The minimum absolute atomic E-state index is 0.167. The van der Waals surface area contributed by atoms with E-state index >= 15 is 0 Å². The minimum atomic E-state index is -0.844. The second-order valence-corrected chi connectivity index (χ2v) is 14.7. The zero-order valence-corrected chi connectivity index (χ0v) is 28.2. The van der Waals surface area contributed by atoms with Gasteiger partial charge < -0.3 is 9.64 Å². The molecule has 0 aromatic heterocycles. The Morgan fingerprint density at radius 3 is 2.04 bits per heavy atom. The van der Waals surface area contributed by atoms with Crippen molar-refractivity contribution in [2.24, 2.45) is 0 Å². The average molecular weight is 634 g/mol. The number of fused-ring (bicyclic) bond motifs is 11. The van der Waals surface area contributed by atoms with Gasteiger partial charge in [0, 0.05) is 46.3 Å². The Kier molecular flexibility index (Phi) is 6.19. The van der Waals surface area contributed by atoms with Crippen molar-refractivity contribution >= 4 is 44.1 Å². The van der Waals surface area contributed by atoms with Crippen molar-refractivity contribution in [1.82, 2.24) is 0 Å². The van der Waals surface area contributed by atoms with Gasteiger partial charge in [-0.1, -0.05) is 129 Å². The van der Waals surface area contributed by atoms with Gasteiger partial charge in [-0.2, -0.15) is 0 Å². The molecule has 0 radical (unpaired) electrons. The highest BCUT2D eigenvalue weighted by Gasteiger charge is 2.44. The SMILES string of the molecule is CC1(C)c2ccccc2-c2c1c1c(c3ccccc23)OC(c2ccc(N3CCCCC3)cc2)(c2cc3ccccc3c3ccccc23)C=C1. The lowest BCUT2D eigenvalue weighted by Gasteiger charge is -2.39. The Morgan fingerprint density at radius 1 is 0.592 bits per heavy atom. The second-order valence-electron chi connectivity index (χ2n) is 14.7. The molecule has 2 nitrogen and oxygen atoms in total. The lowest BCUT2D eigenvalue weighted by molar-refractivity contribution is 0.165. The first-order valence-electron chi connectivity index (χ1n) is 17.9. The zero-order chi connectivity index (χ0) is 32.7. The highest BCUT2D eigenvalue weighted by molar-refractivity contribution is 6.11. The first-order chi connectivity index (χ1) is 24.0. The van der Waals surface area contributed by atoms with E-state index < -0.39 is 5.60 Å². The first-order valence-corrected chi connectivity index (χ1v) is 17.9. The fourth-order valence-electron chi connectivity index (χ4n) is 9.29. The molecule has 0 spiro atoms. The number of hydrogen-bond donors (Lipinski definition) is 0. The van der Waals surface area contributed by atoms with Crippen molar-refractivity contribution in [2.45, 2.75) is 44.1 Å². The first kappa shape index (κ1) is 28.7. The molecule has 10 rings (SSSR count). The normalized spacial score (nSPS) is 19.1. The summed E-state index contributed by atoms with van der Waals surface area (Å²) < 4.78 is 7.76. The summed E-state index contributed by atoms with van der Waals surface area (Å²) in [5, 5.41) is 7.36. The van der Waals surface area contributed by atoms with Crippen LogP contribution < -0.4 is 9.64 Å². The van der Waals surface area contributed by atoms with Crippen LogP contribution in [0.4, 0.5) is 5.69 Å². The van der Waals surface area contributed by atoms with Crippen LogP contribution in [-0.4, -0.2) is 13.1 Å². The lowest BCUT2D eigenvalue weighted by atomic mass is 9.76. The van der Waals surface area contributed by atoms with Crippen LogP contribution in [0, 0.1) is 0 Å². The van der Waals surface area contributed by atoms with Gasteiger partial charge in [-0.3, -0.25) is 0 Å². The molecule has 238 valence electrons. The number of ether oxygens (including phenoxy) is 1. The van der Waals surface area contributed by atoms with Crippen LogP contribution in [0.1, 0.15) is 60.9 Å². The predicted octanol–water partition coefficient (Wildman–Crippen LogP) is 11.8. The summed E-state index contributed by atoms with van der Waals surface area (Å²) in [5.41, 5.74) is 9.20. The van der Waals surface area contributed by atoms with E-state index in [4.69, 9.17) is 4.74 Å². The molecule has 2 aliphatic heterocycles. The monoisotopic (exact) mass is 633 g/mol. The van der Waals surface area contributed by atoms with Gasteiger partial charge in [0.1, 0.15) is 5.75 Å². The molecule has 1 saturated heterocycles. The maximum atomic E-state index is 7.76. The van der Waals surface area contributed by atoms with Gasteiger partial charge in [0.05, 0.1) is 0 Å². The minimum Gasteiger partial charge on any atom is -0.472 e. The fourth-order valence-corrected chi connectivity index (χ4v) is 9.29. The summed E-state index contributed by atoms with van der Waals surface area (Å²) in [4.78, 5) is 2.54. The summed E-state index contributed by atoms with van der Waals surface area (Å²) in [6.07, 6.45) is 8.59. The molecule has 0 bridgehead atoms. The third-order valence-corrected chi connectivity index (χ3v) is 11.6. The Balaban J connectivity index is 1.27. The molecule has 1 aliphatic carbocycles. The molecule has 1 atom stereocenters. The van der Waals surface area contributed by atoms with E-state index in [0.29, 0.717) is 0 Å². The Bertz CT molecular complexity index is 2480. The third kappa shape index (κ3) is 4.07. The van der Waals surface area contributed by atoms with Crippen molar-refractivity contribution in [3.63, 3.8) is 0 Å². The van der Waals surface area contributed by atoms with E-state index in [9.17, 15) is 0 Å². The van der Waals surface area contributed by atoms with Crippen LogP contribution in [0.15, 0.2) is 133 Å². The topological polar surface area (TPSA) is 12.5 Å². The van der Waals surface area contributed by atoms with E-state index in [-0.39, 0.29) is 5.41 Å². The molecular formula is C47H39NO. The largest absolute Gasteiger partial charge is 0.472 e. The lowest BCUT2D eigenvalue weighted by Crippen LogP contribution is -2.35. The predicted molar refractivity (Wildman–Crippen MR) is 206 cm³/mol. The summed E-state index contributed by atoms with van der Waals surface area (Å²) in [5.74, 6) is 0.968.